The van der Waals surface area contributed by atoms with Gasteiger partial charge in [-0.2, -0.15) is 0 Å². The quantitative estimate of drug-likeness (QED) is 0.251. The highest BCUT2D eigenvalue weighted by atomic mass is 35.5. The van der Waals surface area contributed by atoms with Crippen LogP contribution in [0, 0.1) is 0 Å². The molecule has 0 aliphatic heterocycles. The second-order valence-corrected chi connectivity index (χ2v) is 8.03. The van der Waals surface area contributed by atoms with Crippen LogP contribution < -0.4 is 12.4 Å². The van der Waals surface area contributed by atoms with E-state index in [2.05, 4.69) is 27.8 Å². The summed E-state index contributed by atoms with van der Waals surface area (Å²) in [6.07, 6.45) is 21.4. The predicted molar refractivity (Wildman–Crippen MR) is 107 cm³/mol. The summed E-state index contributed by atoms with van der Waals surface area (Å²) in [7, 11) is 2.54. The van der Waals surface area contributed by atoms with Crippen LogP contribution in [0.4, 0.5) is 0 Å². The van der Waals surface area contributed by atoms with Gasteiger partial charge in [-0.3, -0.25) is 0 Å². The summed E-state index contributed by atoms with van der Waals surface area (Å²) in [5.41, 5.74) is 0. The Hall–Kier alpha value is 0.250. The van der Waals surface area contributed by atoms with Gasteiger partial charge in [-0.1, -0.05) is 78.6 Å². The van der Waals surface area contributed by atoms with Gasteiger partial charge < -0.3 is 16.9 Å². The van der Waals surface area contributed by atoms with Crippen LogP contribution in [0.2, 0.25) is 0 Å². The largest absolute Gasteiger partial charge is 1.00 e. The molecule has 148 valence electrons. The SMILES string of the molecule is CCCCCCC[N+](C)(CCCCCCC)CCCCCCC.[Cl-]. The number of hydrogen-bond acceptors (Lipinski definition) is 0. The van der Waals surface area contributed by atoms with Crippen LogP contribution in [0.1, 0.15) is 117 Å². The number of halogens is 1. The molecule has 0 aromatic rings. The maximum atomic E-state index is 2.54. The van der Waals surface area contributed by atoms with Crippen LogP contribution in [0.15, 0.2) is 0 Å². The van der Waals surface area contributed by atoms with Crippen molar-refractivity contribution in [2.24, 2.45) is 0 Å². The van der Waals surface area contributed by atoms with E-state index < -0.39 is 0 Å². The van der Waals surface area contributed by atoms with E-state index in [1.54, 1.807) is 0 Å². The van der Waals surface area contributed by atoms with E-state index in [9.17, 15) is 0 Å². The van der Waals surface area contributed by atoms with E-state index >= 15 is 0 Å². The van der Waals surface area contributed by atoms with E-state index in [4.69, 9.17) is 0 Å². The number of quaternary nitrogens is 1. The maximum absolute atomic E-state index is 2.54. The minimum absolute atomic E-state index is 0. The predicted octanol–water partition coefficient (Wildman–Crippen LogP) is 4.35. The lowest BCUT2D eigenvalue weighted by Crippen LogP contribution is -3.00. The summed E-state index contributed by atoms with van der Waals surface area (Å²) >= 11 is 0. The lowest BCUT2D eigenvalue weighted by Gasteiger charge is -2.35. The Morgan fingerprint density at radius 1 is 0.417 bits per heavy atom. The highest BCUT2D eigenvalue weighted by Crippen LogP contribution is 2.15. The van der Waals surface area contributed by atoms with Crippen LogP contribution >= 0.6 is 0 Å². The number of nitrogens with zero attached hydrogens (tertiary/aromatic N) is 1. The van der Waals surface area contributed by atoms with Crippen molar-refractivity contribution in [3.05, 3.63) is 0 Å². The molecule has 0 heterocycles. The molecule has 2 heteroatoms. The molecular formula is C22H48ClN. The first-order valence-electron chi connectivity index (χ1n) is 11.0. The second kappa shape index (κ2) is 19.6. The van der Waals surface area contributed by atoms with E-state index in [1.165, 1.54) is 120 Å². The number of hydrogen-bond donors (Lipinski definition) is 0. The van der Waals surface area contributed by atoms with Crippen molar-refractivity contribution in [1.82, 2.24) is 0 Å². The Bertz CT molecular complexity index is 194. The minimum Gasteiger partial charge on any atom is -1.00 e. The molecular weight excluding hydrogens is 314 g/mol. The monoisotopic (exact) mass is 361 g/mol. The minimum atomic E-state index is 0. The molecule has 0 rings (SSSR count). The molecule has 0 N–H and O–H groups in total. The van der Waals surface area contributed by atoms with Crippen LogP contribution in [-0.2, 0) is 0 Å². The van der Waals surface area contributed by atoms with Gasteiger partial charge in [-0.15, -0.1) is 0 Å². The molecule has 0 spiro atoms. The fraction of sp³-hybridized carbons (Fsp3) is 1.00. The van der Waals surface area contributed by atoms with Crippen LogP contribution in [0.5, 0.6) is 0 Å². The lowest BCUT2D eigenvalue weighted by molar-refractivity contribution is -0.910. The Kier molecular flexibility index (Phi) is 21.6. The zero-order valence-corrected chi connectivity index (χ0v) is 18.3. The average molecular weight is 362 g/mol. The third-order valence-electron chi connectivity index (χ3n) is 5.40. The van der Waals surface area contributed by atoms with Gasteiger partial charge >= 0.3 is 0 Å². The normalized spacial score (nSPS) is 11.5. The molecule has 0 unspecified atom stereocenters. The van der Waals surface area contributed by atoms with Crippen LogP contribution in [0.3, 0.4) is 0 Å². The third-order valence-corrected chi connectivity index (χ3v) is 5.40. The van der Waals surface area contributed by atoms with E-state index in [0.717, 1.165) is 0 Å². The molecule has 0 radical (unpaired) electrons. The van der Waals surface area contributed by atoms with Gasteiger partial charge in [-0.05, 0) is 38.5 Å². The Labute approximate surface area is 161 Å². The third kappa shape index (κ3) is 17.1. The fourth-order valence-corrected chi connectivity index (χ4v) is 3.63. The van der Waals surface area contributed by atoms with Crippen molar-refractivity contribution >= 4 is 0 Å². The average Bonchev–Trinajstić information content (AvgIpc) is 2.54. The number of unbranched alkanes of at least 4 members (excludes halogenated alkanes) is 12. The molecule has 0 bridgehead atoms. The molecule has 0 saturated carbocycles. The van der Waals surface area contributed by atoms with Crippen molar-refractivity contribution < 1.29 is 16.9 Å². The van der Waals surface area contributed by atoms with Crippen LogP contribution in [-0.4, -0.2) is 31.2 Å². The second-order valence-electron chi connectivity index (χ2n) is 8.03. The molecule has 0 fully saturated rings. The van der Waals surface area contributed by atoms with Crippen molar-refractivity contribution in [3.63, 3.8) is 0 Å². The summed E-state index contributed by atoms with van der Waals surface area (Å²) in [5.74, 6) is 0. The molecule has 1 nitrogen and oxygen atoms in total. The Morgan fingerprint density at radius 2 is 0.667 bits per heavy atom. The lowest BCUT2D eigenvalue weighted by atomic mass is 10.1. The molecule has 0 aromatic heterocycles. The molecule has 0 saturated heterocycles. The van der Waals surface area contributed by atoms with Crippen molar-refractivity contribution in [1.29, 1.82) is 0 Å². The van der Waals surface area contributed by atoms with E-state index in [1.807, 2.05) is 0 Å². The Balaban J connectivity index is 0. The van der Waals surface area contributed by atoms with Crippen molar-refractivity contribution in [3.8, 4) is 0 Å². The molecule has 0 atom stereocenters. The summed E-state index contributed by atoms with van der Waals surface area (Å²) in [6, 6.07) is 0. The summed E-state index contributed by atoms with van der Waals surface area (Å²) < 4.78 is 1.35. The van der Waals surface area contributed by atoms with E-state index in [0.29, 0.717) is 0 Å². The zero-order valence-electron chi connectivity index (χ0n) is 17.6. The Morgan fingerprint density at radius 3 is 0.917 bits per heavy atom. The first-order chi connectivity index (χ1) is 11.2. The molecule has 0 aliphatic carbocycles. The van der Waals surface area contributed by atoms with Gasteiger partial charge in [0.15, 0.2) is 0 Å². The molecule has 0 aliphatic rings. The van der Waals surface area contributed by atoms with Crippen LogP contribution in [0.25, 0.3) is 0 Å². The van der Waals surface area contributed by atoms with Gasteiger partial charge in [-0.25, -0.2) is 0 Å². The smallest absolute Gasteiger partial charge is 0.0784 e. The standard InChI is InChI=1S/C22H48N.ClH/c1-5-8-11-14-17-20-23(4,21-18-15-12-9-6-2)22-19-16-13-10-7-3;/h5-22H2,1-4H3;1H/q+1;/p-1. The summed E-state index contributed by atoms with van der Waals surface area (Å²) in [6.45, 7) is 11.2. The first kappa shape index (κ1) is 26.5. The van der Waals surface area contributed by atoms with Gasteiger partial charge in [0.25, 0.3) is 0 Å². The van der Waals surface area contributed by atoms with Gasteiger partial charge in [0.2, 0.25) is 0 Å². The number of rotatable bonds is 18. The zero-order chi connectivity index (χ0) is 17.2. The van der Waals surface area contributed by atoms with Gasteiger partial charge in [0.05, 0.1) is 26.7 Å². The topological polar surface area (TPSA) is 0 Å². The van der Waals surface area contributed by atoms with E-state index in [-0.39, 0.29) is 12.4 Å². The summed E-state index contributed by atoms with van der Waals surface area (Å²) in [4.78, 5) is 0. The van der Waals surface area contributed by atoms with Gasteiger partial charge in [0.1, 0.15) is 0 Å². The van der Waals surface area contributed by atoms with Crippen molar-refractivity contribution in [2.75, 3.05) is 26.7 Å². The molecule has 0 amide bonds. The maximum Gasteiger partial charge on any atom is 0.0784 e. The highest BCUT2D eigenvalue weighted by Gasteiger charge is 2.19. The summed E-state index contributed by atoms with van der Waals surface area (Å²) in [5, 5.41) is 0. The van der Waals surface area contributed by atoms with Gasteiger partial charge in [0, 0.05) is 0 Å². The fourth-order valence-electron chi connectivity index (χ4n) is 3.63. The molecule has 0 aromatic carbocycles. The molecule has 24 heavy (non-hydrogen) atoms. The highest BCUT2D eigenvalue weighted by molar-refractivity contribution is 4.50. The van der Waals surface area contributed by atoms with Crippen molar-refractivity contribution in [2.45, 2.75) is 117 Å². The first-order valence-corrected chi connectivity index (χ1v) is 11.0.